The van der Waals surface area contributed by atoms with Crippen molar-refractivity contribution in [3.63, 3.8) is 0 Å². The highest BCUT2D eigenvalue weighted by atomic mass is 16.5. The number of fused-ring (bicyclic) bond motifs is 1. The van der Waals surface area contributed by atoms with Crippen molar-refractivity contribution in [3.05, 3.63) is 76.5 Å². The second-order valence-corrected chi connectivity index (χ2v) is 10.1. The van der Waals surface area contributed by atoms with Gasteiger partial charge in [0.05, 0.1) is 12.4 Å². The number of aliphatic hydroxyl groups excluding tert-OH is 1. The Kier molecular flexibility index (Phi) is 8.84. The van der Waals surface area contributed by atoms with E-state index in [2.05, 4.69) is 65.2 Å². The molecular formula is C28H38N2O3. The average Bonchev–Trinajstić information content (AvgIpc) is 3.15. The first-order valence-electron chi connectivity index (χ1n) is 11.8. The lowest BCUT2D eigenvalue weighted by Crippen LogP contribution is -2.47. The molecule has 0 heterocycles. The molecule has 0 aromatic heterocycles. The monoisotopic (exact) mass is 450 g/mol. The summed E-state index contributed by atoms with van der Waals surface area (Å²) in [5, 5.41) is 14.2. The second-order valence-electron chi connectivity index (χ2n) is 10.1. The number of carbonyl (C=O) groups is 1. The van der Waals surface area contributed by atoms with Gasteiger partial charge in [-0.2, -0.15) is 0 Å². The van der Waals surface area contributed by atoms with E-state index in [4.69, 9.17) is 0 Å². The maximum atomic E-state index is 10.6. The van der Waals surface area contributed by atoms with Crippen molar-refractivity contribution in [2.75, 3.05) is 20.1 Å². The highest BCUT2D eigenvalue weighted by molar-refractivity contribution is 5.54. The Bertz CT molecular complexity index is 929. The minimum absolute atomic E-state index is 0.0136. The van der Waals surface area contributed by atoms with Gasteiger partial charge < -0.3 is 15.2 Å². The summed E-state index contributed by atoms with van der Waals surface area (Å²) in [4.78, 5) is 12.4. The van der Waals surface area contributed by atoms with Crippen molar-refractivity contribution < 1.29 is 14.6 Å². The van der Waals surface area contributed by atoms with Gasteiger partial charge in [-0.1, -0.05) is 42.5 Å². The smallest absolute Gasteiger partial charge is 0.297 e. The number of β-amino-alcohol motifs (C(OH)–C–C–N with tert-alkyl or cyclic N) is 1. The molecule has 0 spiro atoms. The van der Waals surface area contributed by atoms with Gasteiger partial charge in [-0.05, 0) is 86.9 Å². The summed E-state index contributed by atoms with van der Waals surface area (Å²) in [5.74, 6) is 0.663. The quantitative estimate of drug-likeness (QED) is 0.377. The molecule has 1 atom stereocenters. The van der Waals surface area contributed by atoms with Crippen molar-refractivity contribution in [2.24, 2.45) is 5.92 Å². The molecule has 0 saturated heterocycles. The Labute approximate surface area is 198 Å². The van der Waals surface area contributed by atoms with Crippen LogP contribution in [0.3, 0.4) is 0 Å². The van der Waals surface area contributed by atoms with E-state index in [1.807, 2.05) is 20.0 Å². The van der Waals surface area contributed by atoms with E-state index in [1.165, 1.54) is 23.0 Å². The van der Waals surface area contributed by atoms with Gasteiger partial charge in [0.15, 0.2) is 0 Å². The molecule has 2 aromatic carbocycles. The molecule has 3 rings (SSSR count). The first-order chi connectivity index (χ1) is 15.8. The first-order valence-corrected chi connectivity index (χ1v) is 11.8. The highest BCUT2D eigenvalue weighted by Crippen LogP contribution is 2.31. The zero-order valence-corrected chi connectivity index (χ0v) is 20.4. The summed E-state index contributed by atoms with van der Waals surface area (Å²) in [6, 6.07) is 15.0. The van der Waals surface area contributed by atoms with Gasteiger partial charge in [-0.15, -0.1) is 0 Å². The molecule has 1 aliphatic carbocycles. The predicted molar refractivity (Wildman–Crippen MR) is 134 cm³/mol. The standard InChI is InChI=1S/C28H38N2O3/c1-21-13-22(9-10-24(21)11-12-33-20-31)18-30(4)19-27(32)17-29-28(2,3)16-23-14-25-7-5-6-8-26(25)15-23/h5-13,20,23,27,29,32H,14-19H2,1-4H3/b12-11+/t27-/m1/s1. The molecule has 178 valence electrons. The van der Waals surface area contributed by atoms with Crippen LogP contribution in [0.5, 0.6) is 0 Å². The number of hydrogen-bond donors (Lipinski definition) is 2. The third-order valence-electron chi connectivity index (χ3n) is 6.44. The van der Waals surface area contributed by atoms with E-state index in [-0.39, 0.29) is 5.54 Å². The van der Waals surface area contributed by atoms with E-state index in [0.717, 1.165) is 36.9 Å². The number of rotatable bonds is 12. The fourth-order valence-corrected chi connectivity index (χ4v) is 4.95. The summed E-state index contributed by atoms with van der Waals surface area (Å²) < 4.78 is 4.63. The predicted octanol–water partition coefficient (Wildman–Crippen LogP) is 4.10. The van der Waals surface area contributed by atoms with Crippen LogP contribution in [0.15, 0.2) is 48.7 Å². The summed E-state index contributed by atoms with van der Waals surface area (Å²) in [7, 11) is 2.03. The van der Waals surface area contributed by atoms with Crippen molar-refractivity contribution in [1.29, 1.82) is 0 Å². The fourth-order valence-electron chi connectivity index (χ4n) is 4.95. The number of ether oxygens (including phenoxy) is 1. The average molecular weight is 451 g/mol. The number of benzene rings is 2. The Morgan fingerprint density at radius 3 is 2.55 bits per heavy atom. The van der Waals surface area contributed by atoms with Crippen LogP contribution in [0.1, 0.15) is 48.1 Å². The molecule has 0 radical (unpaired) electrons. The topological polar surface area (TPSA) is 61.8 Å². The van der Waals surface area contributed by atoms with E-state index >= 15 is 0 Å². The van der Waals surface area contributed by atoms with Gasteiger partial charge in [-0.25, -0.2) is 0 Å². The number of aliphatic hydroxyl groups is 1. The molecule has 0 unspecified atom stereocenters. The number of hydrogen-bond acceptors (Lipinski definition) is 5. The molecule has 0 bridgehead atoms. The van der Waals surface area contributed by atoms with Gasteiger partial charge in [0.1, 0.15) is 0 Å². The lowest BCUT2D eigenvalue weighted by molar-refractivity contribution is -0.123. The maximum Gasteiger partial charge on any atom is 0.297 e. The van der Waals surface area contributed by atoms with Crippen LogP contribution in [0.2, 0.25) is 0 Å². The van der Waals surface area contributed by atoms with Crippen LogP contribution in [0, 0.1) is 12.8 Å². The summed E-state index contributed by atoms with van der Waals surface area (Å²) in [6.45, 7) is 8.87. The van der Waals surface area contributed by atoms with Crippen LogP contribution in [-0.4, -0.2) is 48.3 Å². The molecule has 2 N–H and O–H groups in total. The van der Waals surface area contributed by atoms with Crippen molar-refractivity contribution in [1.82, 2.24) is 10.2 Å². The molecule has 0 fully saturated rings. The Morgan fingerprint density at radius 1 is 1.21 bits per heavy atom. The van der Waals surface area contributed by atoms with Gasteiger partial charge in [0, 0.05) is 25.2 Å². The third-order valence-corrected chi connectivity index (χ3v) is 6.44. The van der Waals surface area contributed by atoms with Crippen LogP contribution in [-0.2, 0) is 28.9 Å². The van der Waals surface area contributed by atoms with Crippen LogP contribution in [0.25, 0.3) is 6.08 Å². The fraction of sp³-hybridized carbons (Fsp3) is 0.464. The van der Waals surface area contributed by atoms with Crippen molar-refractivity contribution in [2.45, 2.75) is 58.2 Å². The number of carbonyl (C=O) groups excluding carboxylic acids is 1. The zero-order chi connectivity index (χ0) is 23.8. The lowest BCUT2D eigenvalue weighted by Gasteiger charge is -2.31. The highest BCUT2D eigenvalue weighted by Gasteiger charge is 2.28. The summed E-state index contributed by atoms with van der Waals surface area (Å²) in [6.07, 6.45) is 6.15. The molecule has 5 nitrogen and oxygen atoms in total. The van der Waals surface area contributed by atoms with Gasteiger partial charge >= 0.3 is 0 Å². The molecular weight excluding hydrogens is 412 g/mol. The van der Waals surface area contributed by atoms with Crippen LogP contribution < -0.4 is 5.32 Å². The van der Waals surface area contributed by atoms with Crippen molar-refractivity contribution in [3.8, 4) is 0 Å². The molecule has 0 saturated carbocycles. The minimum Gasteiger partial charge on any atom is -0.437 e. The van der Waals surface area contributed by atoms with Crippen molar-refractivity contribution >= 4 is 12.5 Å². The Morgan fingerprint density at radius 2 is 1.91 bits per heavy atom. The maximum absolute atomic E-state index is 10.6. The summed E-state index contributed by atoms with van der Waals surface area (Å²) in [5.41, 5.74) is 6.29. The molecule has 5 heteroatoms. The van der Waals surface area contributed by atoms with Gasteiger partial charge in [0.2, 0.25) is 0 Å². The molecule has 1 aliphatic rings. The van der Waals surface area contributed by atoms with Gasteiger partial charge in [0.25, 0.3) is 6.47 Å². The minimum atomic E-state index is -0.432. The number of nitrogens with one attached hydrogen (secondary N) is 1. The van der Waals surface area contributed by atoms with E-state index in [1.54, 1.807) is 6.08 Å². The number of aryl methyl sites for hydroxylation is 1. The number of nitrogens with zero attached hydrogens (tertiary/aromatic N) is 1. The first kappa shape index (κ1) is 25.2. The van der Waals surface area contributed by atoms with E-state index in [9.17, 15) is 9.90 Å². The molecule has 0 aliphatic heterocycles. The largest absolute Gasteiger partial charge is 0.437 e. The molecule has 33 heavy (non-hydrogen) atoms. The third kappa shape index (κ3) is 7.81. The number of likely N-dealkylation sites (N-methyl/N-ethyl adjacent to an activating group) is 1. The van der Waals surface area contributed by atoms with Crippen LogP contribution >= 0.6 is 0 Å². The SMILES string of the molecule is Cc1cc(CN(C)C[C@H](O)CNC(C)(C)CC2Cc3ccccc3C2)ccc1/C=C/OC=O. The zero-order valence-electron chi connectivity index (χ0n) is 20.4. The van der Waals surface area contributed by atoms with Gasteiger partial charge in [-0.3, -0.25) is 9.69 Å². The lowest BCUT2D eigenvalue weighted by atomic mass is 9.88. The van der Waals surface area contributed by atoms with Crippen LogP contribution in [0.4, 0.5) is 0 Å². The molecule has 2 aromatic rings. The second kappa shape index (κ2) is 11.6. The Hall–Kier alpha value is -2.47. The molecule has 0 amide bonds. The summed E-state index contributed by atoms with van der Waals surface area (Å²) >= 11 is 0. The van der Waals surface area contributed by atoms with E-state index < -0.39 is 6.10 Å². The van der Waals surface area contributed by atoms with E-state index in [0.29, 0.717) is 25.5 Å². The normalized spacial score (nSPS) is 15.2. The Balaban J connectivity index is 1.42.